The zero-order valence-electron chi connectivity index (χ0n) is 9.71. The second-order valence-electron chi connectivity index (χ2n) is 3.81. The Labute approximate surface area is 96.6 Å². The van der Waals surface area contributed by atoms with Crippen LogP contribution < -0.4 is 11.1 Å². The first-order valence-electron chi connectivity index (χ1n) is 5.39. The molecule has 3 heteroatoms. The molecule has 1 rings (SSSR count). The molecule has 0 unspecified atom stereocenters. The van der Waals surface area contributed by atoms with E-state index in [1.165, 1.54) is 10.5 Å². The minimum Gasteiger partial charge on any atom is -0.399 e. The third kappa shape index (κ3) is 4.14. The SMILES string of the molecule is CCNCc1cc(N)ccc1SC(C)C. The van der Waals surface area contributed by atoms with Gasteiger partial charge in [-0.3, -0.25) is 0 Å². The monoisotopic (exact) mass is 224 g/mol. The number of thioether (sulfide) groups is 1. The summed E-state index contributed by atoms with van der Waals surface area (Å²) in [7, 11) is 0. The number of nitrogens with two attached hydrogens (primary N) is 1. The van der Waals surface area contributed by atoms with Gasteiger partial charge in [0.15, 0.2) is 0 Å². The molecule has 0 bridgehead atoms. The maximum absolute atomic E-state index is 5.79. The molecule has 0 spiro atoms. The fourth-order valence-electron chi connectivity index (χ4n) is 1.37. The van der Waals surface area contributed by atoms with Gasteiger partial charge in [-0.15, -0.1) is 11.8 Å². The summed E-state index contributed by atoms with van der Waals surface area (Å²) in [6, 6.07) is 6.15. The van der Waals surface area contributed by atoms with Crippen molar-refractivity contribution >= 4 is 17.4 Å². The molecule has 0 amide bonds. The Hall–Kier alpha value is -0.670. The summed E-state index contributed by atoms with van der Waals surface area (Å²) in [6.07, 6.45) is 0. The molecule has 0 fully saturated rings. The third-order valence-corrected chi connectivity index (χ3v) is 3.14. The Bertz CT molecular complexity index is 310. The van der Waals surface area contributed by atoms with E-state index in [2.05, 4.69) is 38.2 Å². The highest BCUT2D eigenvalue weighted by atomic mass is 32.2. The van der Waals surface area contributed by atoms with Gasteiger partial charge in [0.25, 0.3) is 0 Å². The highest BCUT2D eigenvalue weighted by molar-refractivity contribution is 8.00. The lowest BCUT2D eigenvalue weighted by atomic mass is 10.2. The van der Waals surface area contributed by atoms with Crippen LogP contribution >= 0.6 is 11.8 Å². The van der Waals surface area contributed by atoms with Crippen molar-refractivity contribution in [2.75, 3.05) is 12.3 Å². The van der Waals surface area contributed by atoms with Gasteiger partial charge >= 0.3 is 0 Å². The van der Waals surface area contributed by atoms with Crippen LogP contribution in [0.15, 0.2) is 23.1 Å². The van der Waals surface area contributed by atoms with Crippen LogP contribution in [0.25, 0.3) is 0 Å². The molecule has 15 heavy (non-hydrogen) atoms. The number of nitrogen functional groups attached to an aromatic ring is 1. The minimum atomic E-state index is 0.606. The Balaban J connectivity index is 2.82. The normalized spacial score (nSPS) is 10.9. The maximum Gasteiger partial charge on any atom is 0.0318 e. The summed E-state index contributed by atoms with van der Waals surface area (Å²) in [5, 5.41) is 3.94. The van der Waals surface area contributed by atoms with Crippen LogP contribution in [0.4, 0.5) is 5.69 Å². The van der Waals surface area contributed by atoms with Crippen molar-refractivity contribution in [3.05, 3.63) is 23.8 Å². The summed E-state index contributed by atoms with van der Waals surface area (Å²) in [5.41, 5.74) is 7.94. The third-order valence-electron chi connectivity index (χ3n) is 2.01. The molecule has 1 aromatic carbocycles. The molecule has 0 heterocycles. The molecule has 0 aromatic heterocycles. The van der Waals surface area contributed by atoms with Gasteiger partial charge in [0.2, 0.25) is 0 Å². The van der Waals surface area contributed by atoms with Crippen molar-refractivity contribution in [3.63, 3.8) is 0 Å². The van der Waals surface area contributed by atoms with Crippen LogP contribution in [0.3, 0.4) is 0 Å². The van der Waals surface area contributed by atoms with Gasteiger partial charge < -0.3 is 11.1 Å². The molecule has 0 radical (unpaired) electrons. The molecule has 3 N–H and O–H groups in total. The van der Waals surface area contributed by atoms with Crippen molar-refractivity contribution in [3.8, 4) is 0 Å². The van der Waals surface area contributed by atoms with E-state index in [1.807, 2.05) is 17.8 Å². The van der Waals surface area contributed by atoms with Crippen LogP contribution in [-0.4, -0.2) is 11.8 Å². The van der Waals surface area contributed by atoms with E-state index in [9.17, 15) is 0 Å². The van der Waals surface area contributed by atoms with Crippen molar-refractivity contribution < 1.29 is 0 Å². The smallest absolute Gasteiger partial charge is 0.0318 e. The number of hydrogen-bond acceptors (Lipinski definition) is 3. The van der Waals surface area contributed by atoms with Crippen molar-refractivity contribution in [1.29, 1.82) is 0 Å². The minimum absolute atomic E-state index is 0.606. The van der Waals surface area contributed by atoms with Crippen LogP contribution in [0, 0.1) is 0 Å². The lowest BCUT2D eigenvalue weighted by Gasteiger charge is -2.12. The molecule has 0 aliphatic heterocycles. The molecule has 0 atom stereocenters. The van der Waals surface area contributed by atoms with Crippen LogP contribution in [0.2, 0.25) is 0 Å². The van der Waals surface area contributed by atoms with E-state index in [-0.39, 0.29) is 0 Å². The first-order chi connectivity index (χ1) is 7.13. The van der Waals surface area contributed by atoms with E-state index in [4.69, 9.17) is 5.73 Å². The zero-order valence-corrected chi connectivity index (χ0v) is 10.5. The molecule has 0 saturated heterocycles. The van der Waals surface area contributed by atoms with Crippen LogP contribution in [0.1, 0.15) is 26.3 Å². The maximum atomic E-state index is 5.79. The van der Waals surface area contributed by atoms with E-state index in [0.29, 0.717) is 5.25 Å². The predicted molar refractivity (Wildman–Crippen MR) is 69.2 cm³/mol. The predicted octanol–water partition coefficient (Wildman–Crippen LogP) is 2.88. The molecule has 0 aliphatic rings. The van der Waals surface area contributed by atoms with E-state index < -0.39 is 0 Å². The lowest BCUT2D eigenvalue weighted by Crippen LogP contribution is -2.12. The number of nitrogens with one attached hydrogen (secondary N) is 1. The molecule has 1 aromatic rings. The molecular formula is C12H20N2S. The summed E-state index contributed by atoms with van der Waals surface area (Å²) in [4.78, 5) is 1.33. The summed E-state index contributed by atoms with van der Waals surface area (Å²) in [6.45, 7) is 8.41. The Morgan fingerprint density at radius 2 is 2.13 bits per heavy atom. The molecular weight excluding hydrogens is 204 g/mol. The number of hydrogen-bond donors (Lipinski definition) is 2. The molecule has 2 nitrogen and oxygen atoms in total. The van der Waals surface area contributed by atoms with E-state index >= 15 is 0 Å². The van der Waals surface area contributed by atoms with Gasteiger partial charge in [0, 0.05) is 22.4 Å². The van der Waals surface area contributed by atoms with E-state index in [1.54, 1.807) is 0 Å². The first-order valence-corrected chi connectivity index (χ1v) is 6.27. The Kier molecular flexibility index (Phi) is 4.99. The zero-order chi connectivity index (χ0) is 11.3. The highest BCUT2D eigenvalue weighted by Crippen LogP contribution is 2.28. The first kappa shape index (κ1) is 12.4. The van der Waals surface area contributed by atoms with Crippen LogP contribution in [0.5, 0.6) is 0 Å². The standard InChI is InChI=1S/C12H20N2S/c1-4-14-8-10-7-11(13)5-6-12(10)15-9(2)3/h5-7,9,14H,4,8,13H2,1-3H3. The second kappa shape index (κ2) is 6.03. The molecule has 0 saturated carbocycles. The van der Waals surface area contributed by atoms with Crippen molar-refractivity contribution in [2.45, 2.75) is 37.5 Å². The fourth-order valence-corrected chi connectivity index (χ4v) is 2.30. The number of benzene rings is 1. The quantitative estimate of drug-likeness (QED) is 0.596. The van der Waals surface area contributed by atoms with Crippen molar-refractivity contribution in [2.24, 2.45) is 0 Å². The average molecular weight is 224 g/mol. The molecule has 84 valence electrons. The van der Waals surface area contributed by atoms with Gasteiger partial charge in [-0.05, 0) is 30.3 Å². The summed E-state index contributed by atoms with van der Waals surface area (Å²) >= 11 is 1.89. The Morgan fingerprint density at radius 3 is 2.73 bits per heavy atom. The largest absolute Gasteiger partial charge is 0.399 e. The van der Waals surface area contributed by atoms with Gasteiger partial charge in [0.1, 0.15) is 0 Å². The lowest BCUT2D eigenvalue weighted by molar-refractivity contribution is 0.718. The number of anilines is 1. The highest BCUT2D eigenvalue weighted by Gasteiger charge is 2.05. The van der Waals surface area contributed by atoms with Crippen molar-refractivity contribution in [1.82, 2.24) is 5.32 Å². The molecule has 0 aliphatic carbocycles. The van der Waals surface area contributed by atoms with Gasteiger partial charge in [-0.25, -0.2) is 0 Å². The average Bonchev–Trinajstić information content (AvgIpc) is 2.18. The second-order valence-corrected chi connectivity index (χ2v) is 5.43. The van der Waals surface area contributed by atoms with E-state index in [0.717, 1.165) is 18.8 Å². The van der Waals surface area contributed by atoms with Gasteiger partial charge in [-0.1, -0.05) is 20.8 Å². The van der Waals surface area contributed by atoms with Gasteiger partial charge in [-0.2, -0.15) is 0 Å². The topological polar surface area (TPSA) is 38.0 Å². The number of rotatable bonds is 5. The summed E-state index contributed by atoms with van der Waals surface area (Å²) in [5.74, 6) is 0. The fraction of sp³-hybridized carbons (Fsp3) is 0.500. The Morgan fingerprint density at radius 1 is 1.40 bits per heavy atom. The summed E-state index contributed by atoms with van der Waals surface area (Å²) < 4.78 is 0. The van der Waals surface area contributed by atoms with Crippen LogP contribution in [-0.2, 0) is 6.54 Å². The van der Waals surface area contributed by atoms with Gasteiger partial charge in [0.05, 0.1) is 0 Å².